The van der Waals surface area contributed by atoms with Gasteiger partial charge in [-0.25, -0.2) is 9.79 Å². The molecule has 3 rings (SSSR count). The molecular formula is C24H26N4O4S. The molecule has 3 aromatic rings. The summed E-state index contributed by atoms with van der Waals surface area (Å²) in [6.07, 6.45) is 0. The van der Waals surface area contributed by atoms with E-state index in [1.807, 2.05) is 57.2 Å². The van der Waals surface area contributed by atoms with Crippen molar-refractivity contribution in [3.63, 3.8) is 0 Å². The van der Waals surface area contributed by atoms with Crippen molar-refractivity contribution >= 4 is 34.1 Å². The molecule has 0 unspecified atom stereocenters. The maximum Gasteiger partial charge on any atom is 0.333 e. The molecule has 1 aromatic heterocycles. The average molecular weight is 467 g/mol. The summed E-state index contributed by atoms with van der Waals surface area (Å²) in [7, 11) is 2.69. The topological polar surface area (TPSA) is 106 Å². The van der Waals surface area contributed by atoms with Gasteiger partial charge in [0, 0.05) is 19.8 Å². The first-order valence-electron chi connectivity index (χ1n) is 10.2. The van der Waals surface area contributed by atoms with E-state index in [4.69, 9.17) is 0 Å². The van der Waals surface area contributed by atoms with Crippen LogP contribution < -0.4 is 16.6 Å². The van der Waals surface area contributed by atoms with Crippen molar-refractivity contribution in [2.75, 3.05) is 11.1 Å². The molecule has 0 saturated carbocycles. The number of hydrogen-bond acceptors (Lipinski definition) is 6. The number of amides is 1. The molecule has 172 valence electrons. The number of benzene rings is 2. The highest BCUT2D eigenvalue weighted by molar-refractivity contribution is 8.15. The van der Waals surface area contributed by atoms with Gasteiger partial charge in [-0.3, -0.25) is 18.7 Å². The second kappa shape index (κ2) is 9.91. The third-order valence-corrected chi connectivity index (χ3v) is 5.90. The maximum absolute atomic E-state index is 12.9. The number of nitrogens with zero attached hydrogens (tertiary/aromatic N) is 3. The van der Waals surface area contributed by atoms with Gasteiger partial charge in [-0.1, -0.05) is 30.0 Å². The Morgan fingerprint density at radius 2 is 1.67 bits per heavy atom. The minimum absolute atomic E-state index is 0.0525. The van der Waals surface area contributed by atoms with Gasteiger partial charge in [-0.2, -0.15) is 0 Å². The third-order valence-electron chi connectivity index (χ3n) is 4.93. The van der Waals surface area contributed by atoms with E-state index >= 15 is 0 Å². The maximum atomic E-state index is 12.9. The van der Waals surface area contributed by atoms with E-state index in [2.05, 4.69) is 10.3 Å². The molecule has 0 radical (unpaired) electrons. The van der Waals surface area contributed by atoms with Gasteiger partial charge in [0.1, 0.15) is 10.6 Å². The molecule has 33 heavy (non-hydrogen) atoms. The van der Waals surface area contributed by atoms with Crippen molar-refractivity contribution in [1.29, 1.82) is 0 Å². The second-order valence-electron chi connectivity index (χ2n) is 7.87. The fraction of sp³-hybridized carbons (Fsp3) is 0.250. The van der Waals surface area contributed by atoms with Crippen LogP contribution in [0.2, 0.25) is 0 Å². The summed E-state index contributed by atoms with van der Waals surface area (Å²) >= 11 is 1.01. The van der Waals surface area contributed by atoms with Gasteiger partial charge in [0.15, 0.2) is 0 Å². The minimum atomic E-state index is -0.691. The molecule has 0 saturated heterocycles. The zero-order chi connectivity index (χ0) is 24.3. The molecule has 0 aliphatic heterocycles. The highest BCUT2D eigenvalue weighted by Crippen LogP contribution is 2.24. The van der Waals surface area contributed by atoms with Crippen molar-refractivity contribution in [2.45, 2.75) is 20.8 Å². The number of thioether (sulfide) groups is 1. The molecule has 0 aliphatic rings. The van der Waals surface area contributed by atoms with E-state index in [-0.39, 0.29) is 22.3 Å². The fourth-order valence-corrected chi connectivity index (χ4v) is 4.21. The Labute approximate surface area is 195 Å². The van der Waals surface area contributed by atoms with Gasteiger partial charge in [-0.05, 0) is 61.7 Å². The van der Waals surface area contributed by atoms with E-state index in [1.165, 1.54) is 14.1 Å². The largest absolute Gasteiger partial charge is 0.494 e. The molecule has 8 nitrogen and oxygen atoms in total. The van der Waals surface area contributed by atoms with Gasteiger partial charge in [-0.15, -0.1) is 0 Å². The second-order valence-corrected chi connectivity index (χ2v) is 8.84. The quantitative estimate of drug-likeness (QED) is 0.444. The lowest BCUT2D eigenvalue weighted by atomic mass is 10.1. The lowest BCUT2D eigenvalue weighted by molar-refractivity contribution is -0.113. The number of anilines is 1. The molecule has 1 heterocycles. The van der Waals surface area contributed by atoms with Crippen molar-refractivity contribution < 1.29 is 9.90 Å². The summed E-state index contributed by atoms with van der Waals surface area (Å²) in [5, 5.41) is 13.6. The Bertz CT molecular complexity index is 1350. The Morgan fingerprint density at radius 3 is 2.30 bits per heavy atom. The van der Waals surface area contributed by atoms with Gasteiger partial charge in [0.05, 0.1) is 11.4 Å². The van der Waals surface area contributed by atoms with Crippen molar-refractivity contribution in [3.05, 3.63) is 85.6 Å². The number of aromatic nitrogens is 2. The first kappa shape index (κ1) is 24.1. The normalized spacial score (nSPS) is 11.5. The van der Waals surface area contributed by atoms with E-state index in [0.717, 1.165) is 37.6 Å². The SMILES string of the molecule is Cc1cccc(N=C(SCC(=O)Nc2cc(C)cc(C)c2)c2c(O)n(C)c(=O)n(C)c2=O)c1. The Morgan fingerprint density at radius 1 is 1.00 bits per heavy atom. The Balaban J connectivity index is 1.98. The summed E-state index contributed by atoms with van der Waals surface area (Å²) in [5.74, 6) is -0.844. The van der Waals surface area contributed by atoms with Crippen LogP contribution >= 0.6 is 11.8 Å². The van der Waals surface area contributed by atoms with E-state index in [0.29, 0.717) is 11.4 Å². The number of aliphatic imine (C=N–C) groups is 1. The first-order chi connectivity index (χ1) is 15.6. The summed E-state index contributed by atoms with van der Waals surface area (Å²) in [4.78, 5) is 42.2. The van der Waals surface area contributed by atoms with Crippen LogP contribution in [0.15, 0.2) is 57.0 Å². The summed E-state index contributed by atoms with van der Waals surface area (Å²) < 4.78 is 1.87. The number of nitrogens with one attached hydrogen (secondary N) is 1. The predicted octanol–water partition coefficient (Wildman–Crippen LogP) is 3.17. The number of carbonyl (C=O) groups excluding carboxylic acids is 1. The zero-order valence-corrected chi connectivity index (χ0v) is 20.0. The molecule has 9 heteroatoms. The van der Waals surface area contributed by atoms with Crippen LogP contribution in [0.5, 0.6) is 5.88 Å². The van der Waals surface area contributed by atoms with Gasteiger partial charge < -0.3 is 10.4 Å². The monoisotopic (exact) mass is 466 g/mol. The number of hydrogen-bond donors (Lipinski definition) is 2. The van der Waals surface area contributed by atoms with Crippen molar-refractivity contribution in [3.8, 4) is 5.88 Å². The smallest absolute Gasteiger partial charge is 0.333 e. The third kappa shape index (κ3) is 5.61. The molecule has 1 amide bonds. The molecular weight excluding hydrogens is 440 g/mol. The molecule has 0 fully saturated rings. The minimum Gasteiger partial charge on any atom is -0.494 e. The summed E-state index contributed by atoms with van der Waals surface area (Å²) in [6.45, 7) is 5.80. The summed E-state index contributed by atoms with van der Waals surface area (Å²) in [6, 6.07) is 13.0. The number of aromatic hydroxyl groups is 1. The predicted molar refractivity (Wildman–Crippen MR) is 133 cm³/mol. The first-order valence-corrected chi connectivity index (χ1v) is 11.2. The highest BCUT2D eigenvalue weighted by atomic mass is 32.2. The molecule has 0 atom stereocenters. The highest BCUT2D eigenvalue weighted by Gasteiger charge is 2.22. The molecule has 2 aromatic carbocycles. The number of carbonyl (C=O) groups is 1. The van der Waals surface area contributed by atoms with Crippen LogP contribution in [0.4, 0.5) is 11.4 Å². The van der Waals surface area contributed by atoms with Gasteiger partial charge in [0.2, 0.25) is 11.8 Å². The van der Waals surface area contributed by atoms with Crippen LogP contribution in [-0.4, -0.2) is 30.9 Å². The van der Waals surface area contributed by atoms with Crippen LogP contribution in [0.3, 0.4) is 0 Å². The fourth-order valence-electron chi connectivity index (χ4n) is 3.37. The molecule has 0 spiro atoms. The van der Waals surface area contributed by atoms with Crippen LogP contribution in [0, 0.1) is 20.8 Å². The van der Waals surface area contributed by atoms with Crippen LogP contribution in [0.25, 0.3) is 0 Å². The van der Waals surface area contributed by atoms with Crippen LogP contribution in [-0.2, 0) is 18.9 Å². The van der Waals surface area contributed by atoms with E-state index in [9.17, 15) is 19.5 Å². The number of rotatable bonds is 5. The Hall–Kier alpha value is -3.59. The molecule has 0 aliphatic carbocycles. The summed E-state index contributed by atoms with van der Waals surface area (Å²) in [5.41, 5.74) is 2.77. The lowest BCUT2D eigenvalue weighted by Crippen LogP contribution is -2.39. The number of aryl methyl sites for hydroxylation is 3. The van der Waals surface area contributed by atoms with Crippen molar-refractivity contribution in [2.24, 2.45) is 19.1 Å². The van der Waals surface area contributed by atoms with E-state index < -0.39 is 17.1 Å². The zero-order valence-electron chi connectivity index (χ0n) is 19.2. The lowest BCUT2D eigenvalue weighted by Gasteiger charge is -2.13. The van der Waals surface area contributed by atoms with Crippen LogP contribution in [0.1, 0.15) is 22.3 Å². The molecule has 2 N–H and O–H groups in total. The standard InChI is InChI=1S/C24H26N4O4S/c1-14-7-6-8-17(10-14)26-21(20-22(30)27(4)24(32)28(5)23(20)31)33-13-19(29)25-18-11-15(2)9-16(3)12-18/h6-12,30H,13H2,1-5H3,(H,25,29). The van der Waals surface area contributed by atoms with Gasteiger partial charge >= 0.3 is 5.69 Å². The van der Waals surface area contributed by atoms with E-state index in [1.54, 1.807) is 6.07 Å². The van der Waals surface area contributed by atoms with Gasteiger partial charge in [0.25, 0.3) is 5.56 Å². The Kier molecular flexibility index (Phi) is 7.23. The van der Waals surface area contributed by atoms with Crippen molar-refractivity contribution in [1.82, 2.24) is 9.13 Å². The average Bonchev–Trinajstić information content (AvgIpc) is 2.74. The molecule has 0 bridgehead atoms.